The minimum atomic E-state index is 0.219. The minimum Gasteiger partial charge on any atom is -0.484 e. The molecule has 136 valence electrons. The second kappa shape index (κ2) is 7.63. The molecule has 0 fully saturated rings. The Bertz CT molecular complexity index is 1080. The van der Waals surface area contributed by atoms with Gasteiger partial charge in [-0.25, -0.2) is 9.97 Å². The first-order valence-corrected chi connectivity index (χ1v) is 9.32. The highest BCUT2D eigenvalue weighted by atomic mass is 32.2. The van der Waals surface area contributed by atoms with E-state index in [-0.39, 0.29) is 6.61 Å². The molecule has 7 nitrogen and oxygen atoms in total. The Hall–Kier alpha value is -3.13. The van der Waals surface area contributed by atoms with Gasteiger partial charge in [0, 0.05) is 5.39 Å². The monoisotopic (exact) mass is 379 g/mol. The number of fused-ring (bicyclic) bond motifs is 1. The fourth-order valence-electron chi connectivity index (χ4n) is 2.55. The van der Waals surface area contributed by atoms with Gasteiger partial charge in [-0.1, -0.05) is 36.0 Å². The second-order valence-corrected chi connectivity index (χ2v) is 6.82. The normalized spacial score (nSPS) is 11.0. The minimum absolute atomic E-state index is 0.219. The smallest absolute Gasteiger partial charge is 0.277 e. The Balaban J connectivity index is 1.38. The number of ether oxygens (including phenoxy) is 1. The molecule has 0 saturated carbocycles. The number of hydrogen-bond acceptors (Lipinski definition) is 8. The van der Waals surface area contributed by atoms with Gasteiger partial charge in [0.15, 0.2) is 6.61 Å². The Morgan fingerprint density at radius 2 is 1.96 bits per heavy atom. The summed E-state index contributed by atoms with van der Waals surface area (Å²) in [5.41, 5.74) is 7.95. The van der Waals surface area contributed by atoms with Crippen LogP contribution in [0.15, 0.2) is 58.2 Å². The lowest BCUT2D eigenvalue weighted by Crippen LogP contribution is -1.99. The van der Waals surface area contributed by atoms with E-state index in [1.54, 1.807) is 0 Å². The molecule has 4 rings (SSSR count). The summed E-state index contributed by atoms with van der Waals surface area (Å²) in [6, 6.07) is 15.4. The average Bonchev–Trinajstić information content (AvgIpc) is 3.13. The van der Waals surface area contributed by atoms with Gasteiger partial charge in [-0.15, -0.1) is 10.2 Å². The van der Waals surface area contributed by atoms with Gasteiger partial charge < -0.3 is 14.9 Å². The molecule has 0 aliphatic heterocycles. The number of nitrogens with two attached hydrogens (primary N) is 1. The predicted octanol–water partition coefficient (Wildman–Crippen LogP) is 3.77. The Morgan fingerprint density at radius 1 is 1.07 bits per heavy atom. The number of anilines is 1. The van der Waals surface area contributed by atoms with E-state index in [1.807, 2.05) is 55.5 Å². The quantitative estimate of drug-likeness (QED) is 0.505. The highest BCUT2D eigenvalue weighted by Crippen LogP contribution is 2.23. The van der Waals surface area contributed by atoms with E-state index >= 15 is 0 Å². The largest absolute Gasteiger partial charge is 0.484 e. The zero-order valence-electron chi connectivity index (χ0n) is 14.6. The van der Waals surface area contributed by atoms with Crippen molar-refractivity contribution in [2.24, 2.45) is 0 Å². The maximum Gasteiger partial charge on any atom is 0.277 e. The summed E-state index contributed by atoms with van der Waals surface area (Å²) in [5, 5.41) is 9.32. The molecule has 0 amide bonds. The molecule has 2 aromatic carbocycles. The zero-order chi connectivity index (χ0) is 18.6. The van der Waals surface area contributed by atoms with Gasteiger partial charge in [0.1, 0.15) is 17.4 Å². The van der Waals surface area contributed by atoms with Crippen molar-refractivity contribution >= 4 is 28.5 Å². The van der Waals surface area contributed by atoms with Crippen LogP contribution in [0.3, 0.4) is 0 Å². The van der Waals surface area contributed by atoms with E-state index in [2.05, 4.69) is 20.2 Å². The third-order valence-electron chi connectivity index (χ3n) is 3.80. The molecular formula is C19H17N5O2S. The van der Waals surface area contributed by atoms with Crippen molar-refractivity contribution in [3.63, 3.8) is 0 Å². The molecular weight excluding hydrogens is 362 g/mol. The van der Waals surface area contributed by atoms with Crippen molar-refractivity contribution < 1.29 is 9.15 Å². The first-order valence-electron chi connectivity index (χ1n) is 8.33. The second-order valence-electron chi connectivity index (χ2n) is 5.90. The Labute approximate surface area is 160 Å². The number of benzene rings is 2. The van der Waals surface area contributed by atoms with E-state index < -0.39 is 0 Å². The van der Waals surface area contributed by atoms with Crippen molar-refractivity contribution in [2.75, 3.05) is 5.73 Å². The van der Waals surface area contributed by atoms with E-state index in [0.29, 0.717) is 28.5 Å². The summed E-state index contributed by atoms with van der Waals surface area (Å²) < 4.78 is 11.3. The molecule has 8 heteroatoms. The maximum atomic E-state index is 6.01. The van der Waals surface area contributed by atoms with Crippen LogP contribution < -0.4 is 10.5 Å². The van der Waals surface area contributed by atoms with Crippen LogP contribution >= 0.6 is 11.8 Å². The van der Waals surface area contributed by atoms with Crippen LogP contribution in [0.5, 0.6) is 5.75 Å². The number of nitrogens with zero attached hydrogens (tertiary/aromatic N) is 4. The fraction of sp³-hybridized carbons (Fsp3) is 0.158. The summed E-state index contributed by atoms with van der Waals surface area (Å²) in [5.74, 6) is 2.75. The number of para-hydroxylation sites is 1. The zero-order valence-corrected chi connectivity index (χ0v) is 15.4. The van der Waals surface area contributed by atoms with Crippen molar-refractivity contribution in [3.05, 3.63) is 65.8 Å². The lowest BCUT2D eigenvalue weighted by Gasteiger charge is -2.04. The van der Waals surface area contributed by atoms with Gasteiger partial charge >= 0.3 is 0 Å². The van der Waals surface area contributed by atoms with Crippen LogP contribution in [0, 0.1) is 6.92 Å². The maximum absolute atomic E-state index is 6.01. The third-order valence-corrected chi connectivity index (χ3v) is 4.62. The first-order chi connectivity index (χ1) is 13.2. The van der Waals surface area contributed by atoms with Crippen LogP contribution in [0.1, 0.15) is 17.3 Å². The van der Waals surface area contributed by atoms with Crippen LogP contribution in [0.25, 0.3) is 10.9 Å². The molecule has 27 heavy (non-hydrogen) atoms. The van der Waals surface area contributed by atoms with Gasteiger partial charge in [-0.05, 0) is 36.8 Å². The summed E-state index contributed by atoms with van der Waals surface area (Å²) in [4.78, 5) is 8.85. The van der Waals surface area contributed by atoms with Crippen LogP contribution in [-0.4, -0.2) is 20.2 Å². The first kappa shape index (κ1) is 17.3. The number of hydrogen-bond donors (Lipinski definition) is 1. The van der Waals surface area contributed by atoms with Gasteiger partial charge in [0.2, 0.25) is 0 Å². The lowest BCUT2D eigenvalue weighted by molar-refractivity contribution is 0.252. The van der Waals surface area contributed by atoms with Crippen molar-refractivity contribution in [2.45, 2.75) is 24.5 Å². The molecule has 0 radical (unpaired) electrons. The standard InChI is InChI=1S/C19H17N5O2S/c1-12-5-4-6-13(9-12)25-10-17-23-24-19(26-17)27-11-16-21-15-8-3-2-7-14(15)18(20)22-16/h2-9H,10-11H2,1H3,(H2,20,21,22). The summed E-state index contributed by atoms with van der Waals surface area (Å²) >= 11 is 1.36. The molecule has 2 heterocycles. The molecule has 0 aliphatic carbocycles. The molecule has 0 spiro atoms. The summed E-state index contributed by atoms with van der Waals surface area (Å²) in [6.07, 6.45) is 0. The number of aromatic nitrogens is 4. The van der Waals surface area contributed by atoms with Gasteiger partial charge in [0.25, 0.3) is 11.1 Å². The SMILES string of the molecule is Cc1cccc(OCc2nnc(SCc3nc(N)c4ccccc4n3)o2)c1. The van der Waals surface area contributed by atoms with Crippen molar-refractivity contribution in [1.29, 1.82) is 0 Å². The molecule has 2 N–H and O–H groups in total. The Kier molecular flexibility index (Phi) is 4.88. The average molecular weight is 379 g/mol. The molecule has 4 aromatic rings. The number of rotatable bonds is 6. The fourth-order valence-corrected chi connectivity index (χ4v) is 3.18. The van der Waals surface area contributed by atoms with E-state index in [4.69, 9.17) is 14.9 Å². The molecule has 0 saturated heterocycles. The van der Waals surface area contributed by atoms with Gasteiger partial charge in [-0.3, -0.25) is 0 Å². The topological polar surface area (TPSA) is 100.0 Å². The van der Waals surface area contributed by atoms with Crippen LogP contribution in [0.4, 0.5) is 5.82 Å². The van der Waals surface area contributed by atoms with E-state index in [9.17, 15) is 0 Å². The molecule has 0 aliphatic rings. The molecule has 2 aromatic heterocycles. The molecule has 0 atom stereocenters. The van der Waals surface area contributed by atoms with E-state index in [0.717, 1.165) is 22.2 Å². The van der Waals surface area contributed by atoms with E-state index in [1.165, 1.54) is 11.8 Å². The molecule has 0 unspecified atom stereocenters. The molecule has 0 bridgehead atoms. The van der Waals surface area contributed by atoms with Gasteiger partial charge in [0.05, 0.1) is 11.3 Å². The van der Waals surface area contributed by atoms with Crippen molar-refractivity contribution in [3.8, 4) is 5.75 Å². The number of aryl methyl sites for hydroxylation is 1. The van der Waals surface area contributed by atoms with Crippen LogP contribution in [-0.2, 0) is 12.4 Å². The highest BCUT2D eigenvalue weighted by molar-refractivity contribution is 7.98. The van der Waals surface area contributed by atoms with Gasteiger partial charge in [-0.2, -0.15) is 0 Å². The summed E-state index contributed by atoms with van der Waals surface area (Å²) in [6.45, 7) is 2.23. The Morgan fingerprint density at radius 3 is 2.85 bits per heavy atom. The predicted molar refractivity (Wildman–Crippen MR) is 103 cm³/mol. The number of thioether (sulfide) groups is 1. The highest BCUT2D eigenvalue weighted by Gasteiger charge is 2.10. The lowest BCUT2D eigenvalue weighted by atomic mass is 10.2. The summed E-state index contributed by atoms with van der Waals surface area (Å²) in [7, 11) is 0. The van der Waals surface area contributed by atoms with Crippen molar-refractivity contribution in [1.82, 2.24) is 20.2 Å². The van der Waals surface area contributed by atoms with Crippen LogP contribution in [0.2, 0.25) is 0 Å². The number of nitrogen functional groups attached to an aromatic ring is 1. The third kappa shape index (κ3) is 4.17.